The lowest BCUT2D eigenvalue weighted by atomic mass is 10.1. The first-order chi connectivity index (χ1) is 6.59. The zero-order valence-corrected chi connectivity index (χ0v) is 8.32. The van der Waals surface area contributed by atoms with Crippen molar-refractivity contribution in [2.45, 2.75) is 32.1 Å². The van der Waals surface area contributed by atoms with Gasteiger partial charge in [-0.1, -0.05) is 6.58 Å². The summed E-state index contributed by atoms with van der Waals surface area (Å²) in [5.41, 5.74) is 0. The summed E-state index contributed by atoms with van der Waals surface area (Å²) in [6, 6.07) is -0.0251. The van der Waals surface area contributed by atoms with Crippen molar-refractivity contribution >= 4 is 12.2 Å². The zero-order valence-electron chi connectivity index (χ0n) is 8.32. The molecule has 0 aromatic carbocycles. The molecule has 1 amide bonds. The number of carbonyl (C=O) groups excluding carboxylic acids is 1. The minimum absolute atomic E-state index is 0.0729. The smallest absolute Gasteiger partial charge is 0.254 e. The summed E-state index contributed by atoms with van der Waals surface area (Å²) in [6.45, 7) is 7.82. The fourth-order valence-corrected chi connectivity index (χ4v) is 1.72. The molecule has 0 bridgehead atoms. The SMILES string of the molecule is C=C1NC(=O)C2N=CN(C(C)C)C2N1. The Hall–Kier alpha value is -1.52. The molecule has 5 nitrogen and oxygen atoms in total. The van der Waals surface area contributed by atoms with E-state index in [1.165, 1.54) is 0 Å². The average molecular weight is 194 g/mol. The van der Waals surface area contributed by atoms with Crippen LogP contribution in [-0.2, 0) is 4.79 Å². The van der Waals surface area contributed by atoms with Gasteiger partial charge in [-0.2, -0.15) is 0 Å². The van der Waals surface area contributed by atoms with E-state index >= 15 is 0 Å². The van der Waals surface area contributed by atoms with Crippen LogP contribution in [0.25, 0.3) is 0 Å². The fraction of sp³-hybridized carbons (Fsp3) is 0.556. The molecule has 2 rings (SSSR count). The number of fused-ring (bicyclic) bond motifs is 1. The topological polar surface area (TPSA) is 56.7 Å². The van der Waals surface area contributed by atoms with Crippen LogP contribution >= 0.6 is 0 Å². The molecule has 0 aromatic rings. The Kier molecular flexibility index (Phi) is 1.94. The summed E-state index contributed by atoms with van der Waals surface area (Å²) >= 11 is 0. The first-order valence-electron chi connectivity index (χ1n) is 4.66. The van der Waals surface area contributed by atoms with Gasteiger partial charge in [0, 0.05) is 6.04 Å². The summed E-state index contributed by atoms with van der Waals surface area (Å²) in [5.74, 6) is 0.463. The highest BCUT2D eigenvalue weighted by atomic mass is 16.2. The largest absolute Gasteiger partial charge is 0.350 e. The highest BCUT2D eigenvalue weighted by molar-refractivity contribution is 5.88. The van der Waals surface area contributed by atoms with Crippen molar-refractivity contribution in [3.8, 4) is 0 Å². The molecule has 2 atom stereocenters. The van der Waals surface area contributed by atoms with Gasteiger partial charge in [-0.25, -0.2) is 0 Å². The highest BCUT2D eigenvalue weighted by Gasteiger charge is 2.40. The highest BCUT2D eigenvalue weighted by Crippen LogP contribution is 2.18. The normalized spacial score (nSPS) is 30.4. The van der Waals surface area contributed by atoms with Crippen LogP contribution in [0.4, 0.5) is 0 Å². The van der Waals surface area contributed by atoms with Gasteiger partial charge in [0.2, 0.25) is 0 Å². The second-order valence-corrected chi connectivity index (χ2v) is 3.81. The Morgan fingerprint density at radius 2 is 2.36 bits per heavy atom. The molecular weight excluding hydrogens is 180 g/mol. The van der Waals surface area contributed by atoms with Crippen LogP contribution in [0.3, 0.4) is 0 Å². The molecule has 5 heteroatoms. The number of aliphatic imine (C=N–C) groups is 1. The van der Waals surface area contributed by atoms with E-state index in [1.54, 1.807) is 6.34 Å². The number of nitrogens with zero attached hydrogens (tertiary/aromatic N) is 2. The van der Waals surface area contributed by atoms with Crippen LogP contribution in [0, 0.1) is 0 Å². The van der Waals surface area contributed by atoms with E-state index in [0.29, 0.717) is 11.9 Å². The quantitative estimate of drug-likeness (QED) is 0.598. The molecule has 1 fully saturated rings. The molecule has 0 saturated carbocycles. The van der Waals surface area contributed by atoms with Crippen molar-refractivity contribution in [3.63, 3.8) is 0 Å². The van der Waals surface area contributed by atoms with Crippen LogP contribution in [0.15, 0.2) is 17.4 Å². The third-order valence-electron chi connectivity index (χ3n) is 2.44. The molecule has 2 heterocycles. The number of hydrogen-bond donors (Lipinski definition) is 2. The van der Waals surface area contributed by atoms with E-state index in [4.69, 9.17) is 0 Å². The van der Waals surface area contributed by atoms with Crippen molar-refractivity contribution in [1.29, 1.82) is 0 Å². The lowest BCUT2D eigenvalue weighted by Gasteiger charge is -2.35. The van der Waals surface area contributed by atoms with Crippen LogP contribution in [0.1, 0.15) is 13.8 Å². The van der Waals surface area contributed by atoms with Gasteiger partial charge < -0.3 is 15.5 Å². The minimum atomic E-state index is -0.345. The lowest BCUT2D eigenvalue weighted by Crippen LogP contribution is -2.60. The standard InChI is InChI=1S/C9H14N4O/c1-5(2)13-4-10-7-8(13)11-6(3)12-9(7)14/h4-5,7-8,11H,3H2,1-2H3,(H,12,14). The molecule has 2 N–H and O–H groups in total. The van der Waals surface area contributed by atoms with E-state index in [1.807, 2.05) is 4.90 Å². The van der Waals surface area contributed by atoms with Gasteiger partial charge in [-0.15, -0.1) is 0 Å². The maximum absolute atomic E-state index is 11.5. The van der Waals surface area contributed by atoms with Gasteiger partial charge in [-0.05, 0) is 13.8 Å². The van der Waals surface area contributed by atoms with Crippen LogP contribution < -0.4 is 10.6 Å². The van der Waals surface area contributed by atoms with Gasteiger partial charge in [0.1, 0.15) is 6.17 Å². The Labute approximate surface area is 82.9 Å². The predicted molar refractivity (Wildman–Crippen MR) is 53.5 cm³/mol. The Balaban J connectivity index is 2.20. The molecule has 0 radical (unpaired) electrons. The number of nitrogens with one attached hydrogen (secondary N) is 2. The van der Waals surface area contributed by atoms with Crippen LogP contribution in [0.2, 0.25) is 0 Å². The van der Waals surface area contributed by atoms with Crippen molar-refractivity contribution in [2.75, 3.05) is 0 Å². The molecule has 0 aromatic heterocycles. The predicted octanol–water partition coefficient (Wildman–Crippen LogP) is -0.376. The van der Waals surface area contributed by atoms with Gasteiger partial charge in [0.15, 0.2) is 6.04 Å². The first kappa shape index (κ1) is 9.05. The van der Waals surface area contributed by atoms with E-state index in [0.717, 1.165) is 0 Å². The number of hydrogen-bond acceptors (Lipinski definition) is 4. The van der Waals surface area contributed by atoms with Crippen LogP contribution in [-0.4, -0.2) is 35.4 Å². The maximum atomic E-state index is 11.5. The van der Waals surface area contributed by atoms with Gasteiger partial charge in [-0.3, -0.25) is 9.79 Å². The van der Waals surface area contributed by atoms with E-state index in [2.05, 4.69) is 36.1 Å². The molecule has 2 aliphatic heterocycles. The van der Waals surface area contributed by atoms with Crippen LogP contribution in [0.5, 0.6) is 0 Å². The lowest BCUT2D eigenvalue weighted by molar-refractivity contribution is -0.124. The number of amides is 1. The van der Waals surface area contributed by atoms with Gasteiger partial charge in [0.05, 0.1) is 12.2 Å². The second-order valence-electron chi connectivity index (χ2n) is 3.81. The maximum Gasteiger partial charge on any atom is 0.254 e. The first-order valence-corrected chi connectivity index (χ1v) is 4.66. The van der Waals surface area contributed by atoms with Crippen molar-refractivity contribution in [1.82, 2.24) is 15.5 Å². The summed E-state index contributed by atoms with van der Waals surface area (Å²) in [5, 5.41) is 5.74. The molecule has 0 spiro atoms. The molecule has 1 saturated heterocycles. The molecular formula is C9H14N4O. The summed E-state index contributed by atoms with van der Waals surface area (Å²) in [7, 11) is 0. The number of rotatable bonds is 1. The van der Waals surface area contributed by atoms with Gasteiger partial charge >= 0.3 is 0 Å². The fourth-order valence-electron chi connectivity index (χ4n) is 1.72. The third kappa shape index (κ3) is 1.25. The Morgan fingerprint density at radius 1 is 1.64 bits per heavy atom. The van der Waals surface area contributed by atoms with Crippen molar-refractivity contribution in [2.24, 2.45) is 4.99 Å². The zero-order chi connectivity index (χ0) is 10.3. The third-order valence-corrected chi connectivity index (χ3v) is 2.44. The Bertz CT molecular complexity index is 310. The average Bonchev–Trinajstić information content (AvgIpc) is 2.47. The van der Waals surface area contributed by atoms with E-state index < -0.39 is 0 Å². The molecule has 14 heavy (non-hydrogen) atoms. The van der Waals surface area contributed by atoms with Gasteiger partial charge in [0.25, 0.3) is 5.91 Å². The van der Waals surface area contributed by atoms with E-state index in [9.17, 15) is 4.79 Å². The molecule has 0 aliphatic carbocycles. The summed E-state index contributed by atoms with van der Waals surface area (Å²) in [4.78, 5) is 17.7. The molecule has 2 unspecified atom stereocenters. The monoisotopic (exact) mass is 194 g/mol. The minimum Gasteiger partial charge on any atom is -0.350 e. The number of carbonyl (C=O) groups is 1. The van der Waals surface area contributed by atoms with Crippen molar-refractivity contribution in [3.05, 3.63) is 12.4 Å². The van der Waals surface area contributed by atoms with E-state index in [-0.39, 0.29) is 18.1 Å². The summed E-state index contributed by atoms with van der Waals surface area (Å²) in [6.07, 6.45) is 1.65. The molecule has 76 valence electrons. The molecule has 2 aliphatic rings. The second kappa shape index (κ2) is 3.01. The summed E-state index contributed by atoms with van der Waals surface area (Å²) < 4.78 is 0. The van der Waals surface area contributed by atoms with Crippen molar-refractivity contribution < 1.29 is 4.79 Å². The Morgan fingerprint density at radius 3 is 3.00 bits per heavy atom.